The van der Waals surface area contributed by atoms with Crippen LogP contribution in [0.15, 0.2) is 0 Å². The molecular formula is C12H22F3N3. The summed E-state index contributed by atoms with van der Waals surface area (Å²) in [5, 5.41) is 7.41. The standard InChI is InChI=1S/C12H22F3N3/c1-11(2,10(16)17)6-3-7-18(9-4-5-9)8-12(13,14)15/h9H,3-8H2,1-2H3,(H3,16,17). The van der Waals surface area contributed by atoms with Crippen LogP contribution in [0.4, 0.5) is 13.2 Å². The van der Waals surface area contributed by atoms with Gasteiger partial charge in [-0.05, 0) is 32.2 Å². The zero-order valence-electron chi connectivity index (χ0n) is 11.0. The summed E-state index contributed by atoms with van der Waals surface area (Å²) in [7, 11) is 0. The van der Waals surface area contributed by atoms with Gasteiger partial charge in [-0.1, -0.05) is 13.8 Å². The number of nitrogens with one attached hydrogen (secondary N) is 1. The van der Waals surface area contributed by atoms with Gasteiger partial charge in [0.15, 0.2) is 0 Å². The summed E-state index contributed by atoms with van der Waals surface area (Å²) in [4.78, 5) is 1.51. The summed E-state index contributed by atoms with van der Waals surface area (Å²) in [6, 6.07) is 0.104. The SMILES string of the molecule is CC(C)(CCCN(CC(F)(F)F)C1CC1)C(=N)N. The zero-order valence-corrected chi connectivity index (χ0v) is 11.0. The summed E-state index contributed by atoms with van der Waals surface area (Å²) in [6.45, 7) is 3.31. The maximum absolute atomic E-state index is 12.4. The first-order chi connectivity index (χ1) is 8.12. The fourth-order valence-corrected chi connectivity index (χ4v) is 1.92. The maximum Gasteiger partial charge on any atom is 0.401 e. The van der Waals surface area contributed by atoms with Gasteiger partial charge in [0.25, 0.3) is 0 Å². The summed E-state index contributed by atoms with van der Waals surface area (Å²) in [5.74, 6) is 0.0938. The van der Waals surface area contributed by atoms with Crippen molar-refractivity contribution >= 4 is 5.84 Å². The molecule has 0 aliphatic heterocycles. The first kappa shape index (κ1) is 15.3. The zero-order chi connectivity index (χ0) is 14.0. The van der Waals surface area contributed by atoms with Crippen LogP contribution in [0.2, 0.25) is 0 Å². The van der Waals surface area contributed by atoms with Crippen LogP contribution in [0.1, 0.15) is 39.5 Å². The summed E-state index contributed by atoms with van der Waals surface area (Å²) < 4.78 is 37.2. The molecule has 0 atom stereocenters. The van der Waals surface area contributed by atoms with Crippen LogP contribution in [-0.2, 0) is 0 Å². The number of halogens is 3. The van der Waals surface area contributed by atoms with Gasteiger partial charge < -0.3 is 5.73 Å². The lowest BCUT2D eigenvalue weighted by molar-refractivity contribution is -0.147. The molecule has 0 unspecified atom stereocenters. The Kier molecular flexibility index (Phi) is 4.64. The number of rotatable bonds is 7. The van der Waals surface area contributed by atoms with E-state index in [4.69, 9.17) is 11.1 Å². The third-order valence-corrected chi connectivity index (χ3v) is 3.42. The molecule has 3 nitrogen and oxygen atoms in total. The molecule has 0 saturated heterocycles. The van der Waals surface area contributed by atoms with Crippen molar-refractivity contribution in [1.29, 1.82) is 5.41 Å². The first-order valence-electron chi connectivity index (χ1n) is 6.27. The Morgan fingerprint density at radius 3 is 2.28 bits per heavy atom. The molecule has 0 aromatic carbocycles. The Morgan fingerprint density at radius 2 is 1.89 bits per heavy atom. The Balaban J connectivity index is 2.37. The fraction of sp³-hybridized carbons (Fsp3) is 0.917. The van der Waals surface area contributed by atoms with Crippen molar-refractivity contribution in [2.45, 2.75) is 51.7 Å². The lowest BCUT2D eigenvalue weighted by atomic mass is 9.86. The monoisotopic (exact) mass is 265 g/mol. The molecule has 0 aromatic rings. The minimum atomic E-state index is -4.13. The second-order valence-electron chi connectivity index (χ2n) is 5.72. The third kappa shape index (κ3) is 5.25. The molecule has 1 aliphatic carbocycles. The third-order valence-electron chi connectivity index (χ3n) is 3.42. The van der Waals surface area contributed by atoms with Crippen molar-refractivity contribution in [3.05, 3.63) is 0 Å². The average Bonchev–Trinajstić information content (AvgIpc) is 2.96. The molecule has 0 spiro atoms. The van der Waals surface area contributed by atoms with Crippen LogP contribution in [0, 0.1) is 10.8 Å². The van der Waals surface area contributed by atoms with E-state index in [9.17, 15) is 13.2 Å². The van der Waals surface area contributed by atoms with Crippen LogP contribution in [0.5, 0.6) is 0 Å². The second kappa shape index (κ2) is 5.47. The largest absolute Gasteiger partial charge is 0.401 e. The Labute approximate surface area is 106 Å². The Hall–Kier alpha value is -0.780. The van der Waals surface area contributed by atoms with Crippen LogP contribution in [0.3, 0.4) is 0 Å². The molecule has 18 heavy (non-hydrogen) atoms. The van der Waals surface area contributed by atoms with Crippen molar-refractivity contribution < 1.29 is 13.2 Å². The second-order valence-corrected chi connectivity index (χ2v) is 5.72. The highest BCUT2D eigenvalue weighted by Crippen LogP contribution is 2.31. The van der Waals surface area contributed by atoms with Gasteiger partial charge in [-0.3, -0.25) is 10.3 Å². The van der Waals surface area contributed by atoms with Crippen molar-refractivity contribution in [2.75, 3.05) is 13.1 Å². The van der Waals surface area contributed by atoms with Gasteiger partial charge in [-0.15, -0.1) is 0 Å². The fourth-order valence-electron chi connectivity index (χ4n) is 1.92. The van der Waals surface area contributed by atoms with Gasteiger partial charge in [0.05, 0.1) is 12.4 Å². The molecule has 0 bridgehead atoms. The summed E-state index contributed by atoms with van der Waals surface area (Å²) in [6.07, 6.45) is -1.11. The highest BCUT2D eigenvalue weighted by Gasteiger charge is 2.37. The minimum absolute atomic E-state index is 0.0938. The van der Waals surface area contributed by atoms with Crippen molar-refractivity contribution in [3.8, 4) is 0 Å². The molecule has 3 N–H and O–H groups in total. The van der Waals surface area contributed by atoms with E-state index in [1.54, 1.807) is 0 Å². The van der Waals surface area contributed by atoms with Crippen LogP contribution in [0.25, 0.3) is 0 Å². The van der Waals surface area contributed by atoms with Crippen molar-refractivity contribution in [1.82, 2.24) is 4.90 Å². The van der Waals surface area contributed by atoms with Crippen LogP contribution in [-0.4, -0.2) is 36.0 Å². The molecule has 6 heteroatoms. The van der Waals surface area contributed by atoms with Gasteiger partial charge >= 0.3 is 6.18 Å². The Bertz CT molecular complexity index is 295. The molecule has 0 aromatic heterocycles. The Morgan fingerprint density at radius 1 is 1.33 bits per heavy atom. The predicted octanol–water partition coefficient (Wildman–Crippen LogP) is 2.76. The topological polar surface area (TPSA) is 53.1 Å². The summed E-state index contributed by atoms with van der Waals surface area (Å²) in [5.41, 5.74) is 5.03. The molecular weight excluding hydrogens is 243 g/mol. The molecule has 106 valence electrons. The maximum atomic E-state index is 12.4. The van der Waals surface area contributed by atoms with E-state index in [0.717, 1.165) is 12.8 Å². The van der Waals surface area contributed by atoms with E-state index >= 15 is 0 Å². The van der Waals surface area contributed by atoms with Crippen LogP contribution < -0.4 is 5.73 Å². The van der Waals surface area contributed by atoms with E-state index in [-0.39, 0.29) is 11.9 Å². The van der Waals surface area contributed by atoms with E-state index in [2.05, 4.69) is 0 Å². The molecule has 1 aliphatic rings. The van der Waals surface area contributed by atoms with E-state index in [1.165, 1.54) is 4.90 Å². The number of alkyl halides is 3. The van der Waals surface area contributed by atoms with Crippen molar-refractivity contribution in [3.63, 3.8) is 0 Å². The minimum Gasteiger partial charge on any atom is -0.387 e. The lowest BCUT2D eigenvalue weighted by Crippen LogP contribution is -2.37. The first-order valence-corrected chi connectivity index (χ1v) is 6.27. The van der Waals surface area contributed by atoms with E-state index < -0.39 is 18.1 Å². The lowest BCUT2D eigenvalue weighted by Gasteiger charge is -2.27. The van der Waals surface area contributed by atoms with Gasteiger partial charge in [0.2, 0.25) is 0 Å². The molecule has 1 fully saturated rings. The molecule has 0 heterocycles. The van der Waals surface area contributed by atoms with Gasteiger partial charge in [0, 0.05) is 11.5 Å². The smallest absolute Gasteiger partial charge is 0.387 e. The normalized spacial score (nSPS) is 17.2. The van der Waals surface area contributed by atoms with Gasteiger partial charge in [-0.2, -0.15) is 13.2 Å². The molecule has 1 rings (SSSR count). The highest BCUT2D eigenvalue weighted by atomic mass is 19.4. The predicted molar refractivity (Wildman–Crippen MR) is 65.6 cm³/mol. The number of nitrogens with two attached hydrogens (primary N) is 1. The number of hydrogen-bond donors (Lipinski definition) is 2. The molecule has 0 radical (unpaired) electrons. The van der Waals surface area contributed by atoms with Crippen LogP contribution >= 0.6 is 0 Å². The van der Waals surface area contributed by atoms with Gasteiger partial charge in [0.1, 0.15) is 0 Å². The number of nitrogens with zero attached hydrogens (tertiary/aromatic N) is 1. The quantitative estimate of drug-likeness (QED) is 0.549. The van der Waals surface area contributed by atoms with E-state index in [1.807, 2.05) is 13.8 Å². The van der Waals surface area contributed by atoms with Crippen molar-refractivity contribution in [2.24, 2.45) is 11.1 Å². The molecule has 1 saturated carbocycles. The number of amidine groups is 1. The molecule has 0 amide bonds. The summed E-state index contributed by atoms with van der Waals surface area (Å²) >= 11 is 0. The van der Waals surface area contributed by atoms with E-state index in [0.29, 0.717) is 19.4 Å². The average molecular weight is 265 g/mol. The highest BCUT2D eigenvalue weighted by molar-refractivity contribution is 5.82. The van der Waals surface area contributed by atoms with Gasteiger partial charge in [-0.25, -0.2) is 0 Å². The number of hydrogen-bond acceptors (Lipinski definition) is 2.